The first-order chi connectivity index (χ1) is 12.8. The predicted molar refractivity (Wildman–Crippen MR) is 99.8 cm³/mol. The number of thioether (sulfide) groups is 1. The second-order valence-electron chi connectivity index (χ2n) is 5.82. The number of hydrogen-bond acceptors (Lipinski definition) is 7. The van der Waals surface area contributed by atoms with Crippen LogP contribution in [0.5, 0.6) is 0 Å². The van der Waals surface area contributed by atoms with Gasteiger partial charge in [0, 0.05) is 19.0 Å². The topological polar surface area (TPSA) is 86.0 Å². The van der Waals surface area contributed by atoms with E-state index in [4.69, 9.17) is 9.15 Å². The van der Waals surface area contributed by atoms with Gasteiger partial charge in [0.2, 0.25) is 5.91 Å². The summed E-state index contributed by atoms with van der Waals surface area (Å²) >= 11 is 1.27. The molecular formula is C19H21NO6S. The Hall–Kier alpha value is -2.74. The molecule has 0 saturated carbocycles. The molecule has 0 bridgehead atoms. The van der Waals surface area contributed by atoms with Crippen LogP contribution in [-0.4, -0.2) is 49.7 Å². The number of hydrogen-bond donors (Lipinski definition) is 0. The zero-order valence-electron chi connectivity index (χ0n) is 15.6. The largest absolute Gasteiger partial charge is 0.465 e. The molecule has 0 spiro atoms. The van der Waals surface area contributed by atoms with E-state index in [1.54, 1.807) is 45.3 Å². The Morgan fingerprint density at radius 2 is 1.81 bits per heavy atom. The number of aryl methyl sites for hydroxylation is 1. The molecular weight excluding hydrogens is 370 g/mol. The van der Waals surface area contributed by atoms with Gasteiger partial charge in [-0.1, -0.05) is 12.1 Å². The van der Waals surface area contributed by atoms with Crippen molar-refractivity contribution in [3.05, 3.63) is 53.0 Å². The number of nitrogens with zero attached hydrogens (tertiary/aromatic N) is 1. The molecule has 0 fully saturated rings. The molecule has 1 aromatic heterocycles. The van der Waals surface area contributed by atoms with Gasteiger partial charge in [-0.05, 0) is 25.1 Å². The lowest BCUT2D eigenvalue weighted by Crippen LogP contribution is -2.23. The van der Waals surface area contributed by atoms with Gasteiger partial charge < -0.3 is 18.8 Å². The fourth-order valence-corrected chi connectivity index (χ4v) is 3.19. The maximum atomic E-state index is 12.4. The summed E-state index contributed by atoms with van der Waals surface area (Å²) in [4.78, 5) is 37.9. The van der Waals surface area contributed by atoms with Gasteiger partial charge in [0.15, 0.2) is 0 Å². The monoisotopic (exact) mass is 391 g/mol. The van der Waals surface area contributed by atoms with Crippen molar-refractivity contribution >= 4 is 29.6 Å². The second-order valence-corrected chi connectivity index (χ2v) is 6.84. The molecule has 27 heavy (non-hydrogen) atoms. The number of carbonyl (C=O) groups is 3. The van der Waals surface area contributed by atoms with Crippen LogP contribution in [0.2, 0.25) is 0 Å². The molecule has 0 unspecified atom stereocenters. The van der Waals surface area contributed by atoms with Crippen LogP contribution in [0.3, 0.4) is 0 Å². The molecule has 0 aliphatic carbocycles. The quantitative estimate of drug-likeness (QED) is 0.530. The third-order valence-electron chi connectivity index (χ3n) is 3.68. The molecule has 0 radical (unpaired) electrons. The Bertz CT molecular complexity index is 842. The van der Waals surface area contributed by atoms with E-state index < -0.39 is 11.9 Å². The third-order valence-corrected chi connectivity index (χ3v) is 4.73. The molecule has 0 N–H and O–H groups in total. The fraction of sp³-hybridized carbons (Fsp3) is 0.316. The summed E-state index contributed by atoms with van der Waals surface area (Å²) in [5.74, 6) is -0.146. The molecule has 7 nitrogen and oxygen atoms in total. The number of benzene rings is 1. The molecule has 0 aliphatic heterocycles. The average Bonchev–Trinajstić information content (AvgIpc) is 3.04. The van der Waals surface area contributed by atoms with Crippen LogP contribution in [0.1, 0.15) is 32.2 Å². The van der Waals surface area contributed by atoms with Crippen LogP contribution in [0.15, 0.2) is 39.6 Å². The number of rotatable bonds is 7. The van der Waals surface area contributed by atoms with Crippen molar-refractivity contribution in [2.45, 2.75) is 18.4 Å². The number of amides is 1. The van der Waals surface area contributed by atoms with Gasteiger partial charge in [-0.3, -0.25) is 4.79 Å². The zero-order valence-corrected chi connectivity index (χ0v) is 16.4. The predicted octanol–water partition coefficient (Wildman–Crippen LogP) is 2.91. The Balaban J connectivity index is 2.04. The van der Waals surface area contributed by atoms with Crippen molar-refractivity contribution in [3.8, 4) is 0 Å². The molecule has 8 heteroatoms. The highest BCUT2D eigenvalue weighted by atomic mass is 32.2. The van der Waals surface area contributed by atoms with E-state index in [0.29, 0.717) is 27.5 Å². The summed E-state index contributed by atoms with van der Waals surface area (Å²) in [5, 5.41) is 0. The third kappa shape index (κ3) is 5.37. The molecule has 2 aromatic rings. The van der Waals surface area contributed by atoms with Crippen molar-refractivity contribution < 1.29 is 28.3 Å². The van der Waals surface area contributed by atoms with Crippen LogP contribution >= 0.6 is 11.8 Å². The summed E-state index contributed by atoms with van der Waals surface area (Å²) < 4.78 is 15.4. The Morgan fingerprint density at radius 1 is 1.11 bits per heavy atom. The van der Waals surface area contributed by atoms with Gasteiger partial charge in [0.1, 0.15) is 23.7 Å². The molecule has 0 saturated heterocycles. The summed E-state index contributed by atoms with van der Waals surface area (Å²) in [5.41, 5.74) is 0.659. The highest BCUT2D eigenvalue weighted by Crippen LogP contribution is 2.24. The number of methoxy groups -OCH3 is 1. The van der Waals surface area contributed by atoms with Crippen LogP contribution in [0, 0.1) is 6.92 Å². The van der Waals surface area contributed by atoms with Gasteiger partial charge in [-0.25, -0.2) is 9.59 Å². The van der Waals surface area contributed by atoms with Gasteiger partial charge in [-0.2, -0.15) is 0 Å². The maximum Gasteiger partial charge on any atom is 0.341 e. The molecule has 1 heterocycles. The average molecular weight is 391 g/mol. The Morgan fingerprint density at radius 3 is 2.48 bits per heavy atom. The van der Waals surface area contributed by atoms with E-state index in [2.05, 4.69) is 4.74 Å². The van der Waals surface area contributed by atoms with Crippen LogP contribution < -0.4 is 0 Å². The molecule has 1 amide bonds. The molecule has 0 aliphatic rings. The van der Waals surface area contributed by atoms with Gasteiger partial charge >= 0.3 is 11.9 Å². The standard InChI is InChI=1S/C19H21NO6S/c1-12-15(18(22)24-4)9-13(26-12)10-25-19(23)14-7-5-6-8-16(14)27-11-17(21)20(2)3/h5-9H,10-11H2,1-4H3. The lowest BCUT2D eigenvalue weighted by Gasteiger charge is -2.11. The minimum absolute atomic E-state index is 0.0513. The Labute approximate surface area is 161 Å². The molecule has 1 aromatic carbocycles. The first kappa shape index (κ1) is 20.6. The smallest absolute Gasteiger partial charge is 0.341 e. The summed E-state index contributed by atoms with van der Waals surface area (Å²) in [6.45, 7) is 1.51. The van der Waals surface area contributed by atoms with E-state index in [9.17, 15) is 14.4 Å². The normalized spacial score (nSPS) is 10.4. The fourth-order valence-electron chi connectivity index (χ4n) is 2.17. The lowest BCUT2D eigenvalue weighted by atomic mass is 10.2. The number of ether oxygens (including phenoxy) is 2. The van der Waals surface area contributed by atoms with E-state index >= 15 is 0 Å². The molecule has 0 atom stereocenters. The van der Waals surface area contributed by atoms with Gasteiger partial charge in [-0.15, -0.1) is 11.8 Å². The van der Waals surface area contributed by atoms with Gasteiger partial charge in [0.25, 0.3) is 0 Å². The number of carbonyl (C=O) groups excluding carboxylic acids is 3. The highest BCUT2D eigenvalue weighted by molar-refractivity contribution is 8.00. The van der Waals surface area contributed by atoms with E-state index in [0.717, 1.165) is 0 Å². The summed E-state index contributed by atoms with van der Waals surface area (Å²) in [7, 11) is 4.64. The highest BCUT2D eigenvalue weighted by Gasteiger charge is 2.18. The summed E-state index contributed by atoms with van der Waals surface area (Å²) in [6, 6.07) is 8.40. The van der Waals surface area contributed by atoms with Crippen LogP contribution in [-0.2, 0) is 20.9 Å². The van der Waals surface area contributed by atoms with Crippen molar-refractivity contribution in [2.24, 2.45) is 0 Å². The first-order valence-electron chi connectivity index (χ1n) is 8.10. The van der Waals surface area contributed by atoms with Crippen LogP contribution in [0.4, 0.5) is 0 Å². The number of furan rings is 1. The molecule has 144 valence electrons. The maximum absolute atomic E-state index is 12.4. The van der Waals surface area contributed by atoms with Crippen LogP contribution in [0.25, 0.3) is 0 Å². The molecule has 2 rings (SSSR count). The first-order valence-corrected chi connectivity index (χ1v) is 9.08. The minimum Gasteiger partial charge on any atom is -0.465 e. The van der Waals surface area contributed by atoms with Gasteiger partial charge in [0.05, 0.1) is 18.4 Å². The Kier molecular flexibility index (Phi) is 7.06. The second kappa shape index (κ2) is 9.27. The van der Waals surface area contributed by atoms with Crippen molar-refractivity contribution in [3.63, 3.8) is 0 Å². The number of esters is 2. The lowest BCUT2D eigenvalue weighted by molar-refractivity contribution is -0.125. The summed E-state index contributed by atoms with van der Waals surface area (Å²) in [6.07, 6.45) is 0. The van der Waals surface area contributed by atoms with Crippen molar-refractivity contribution in [2.75, 3.05) is 27.0 Å². The SMILES string of the molecule is COC(=O)c1cc(COC(=O)c2ccccc2SCC(=O)N(C)C)oc1C. The van der Waals surface area contributed by atoms with E-state index in [1.807, 2.05) is 0 Å². The van der Waals surface area contributed by atoms with E-state index in [-0.39, 0.29) is 18.3 Å². The van der Waals surface area contributed by atoms with Crippen molar-refractivity contribution in [1.82, 2.24) is 4.90 Å². The van der Waals surface area contributed by atoms with Crippen molar-refractivity contribution in [1.29, 1.82) is 0 Å². The van der Waals surface area contributed by atoms with E-state index in [1.165, 1.54) is 29.8 Å². The minimum atomic E-state index is -0.538. The zero-order chi connectivity index (χ0) is 20.0.